The molecule has 0 heterocycles. The number of aliphatic hydroxyl groups excluding tert-OH is 3. The zero-order chi connectivity index (χ0) is 50.7. The molecule has 0 aliphatic rings. The fourth-order valence-corrected chi connectivity index (χ4v) is 10.0. The van der Waals surface area contributed by atoms with Gasteiger partial charge in [0.15, 0.2) is 0 Å². The molecule has 0 saturated heterocycles. The molecule has 0 saturated carbocycles. The van der Waals surface area contributed by atoms with E-state index in [1.807, 2.05) is 6.08 Å². The van der Waals surface area contributed by atoms with Crippen LogP contribution in [0.25, 0.3) is 0 Å². The number of hydrogen-bond donors (Lipinski definition) is 4. The summed E-state index contributed by atoms with van der Waals surface area (Å²) in [7, 11) is 0. The van der Waals surface area contributed by atoms with Crippen LogP contribution in [0.4, 0.5) is 0 Å². The SMILES string of the molecule is CCCCCCCCCCCCCCCCC/C=C/CC/C=C/CC/C=C/C(O)C(CO)NC(=O)C(O)CCCCCCCCCCCCCCCCCCCCCCCCCCCCCCCCC. The van der Waals surface area contributed by atoms with Crippen LogP contribution in [0.3, 0.4) is 0 Å². The van der Waals surface area contributed by atoms with Crippen LogP contribution in [0.1, 0.15) is 348 Å². The summed E-state index contributed by atoms with van der Waals surface area (Å²) in [5.74, 6) is -0.510. The van der Waals surface area contributed by atoms with Crippen LogP contribution >= 0.6 is 0 Å². The molecule has 0 aliphatic heterocycles. The molecule has 0 rings (SSSR count). The van der Waals surface area contributed by atoms with Crippen LogP contribution in [-0.2, 0) is 4.79 Å². The van der Waals surface area contributed by atoms with Gasteiger partial charge in [0.1, 0.15) is 6.10 Å². The van der Waals surface area contributed by atoms with Gasteiger partial charge >= 0.3 is 0 Å². The summed E-state index contributed by atoms with van der Waals surface area (Å²) in [4.78, 5) is 12.6. The van der Waals surface area contributed by atoms with E-state index >= 15 is 0 Å². The summed E-state index contributed by atoms with van der Waals surface area (Å²) in [6, 6.07) is -0.821. The Labute approximate surface area is 438 Å². The average Bonchev–Trinajstić information content (AvgIpc) is 3.36. The van der Waals surface area contributed by atoms with Crippen molar-refractivity contribution in [1.82, 2.24) is 5.32 Å². The average molecular weight is 985 g/mol. The zero-order valence-electron chi connectivity index (χ0n) is 47.4. The molecule has 414 valence electrons. The summed E-state index contributed by atoms with van der Waals surface area (Å²) in [5, 5.41) is 33.4. The Morgan fingerprint density at radius 1 is 0.343 bits per heavy atom. The molecular formula is C65H125NO4. The maximum atomic E-state index is 12.6. The van der Waals surface area contributed by atoms with Crippen LogP contribution in [-0.4, -0.2) is 46.1 Å². The van der Waals surface area contributed by atoms with Crippen molar-refractivity contribution in [3.63, 3.8) is 0 Å². The minimum absolute atomic E-state index is 0.378. The summed E-state index contributed by atoms with van der Waals surface area (Å²) < 4.78 is 0. The molecule has 0 aromatic carbocycles. The molecular weight excluding hydrogens is 859 g/mol. The van der Waals surface area contributed by atoms with Gasteiger partial charge in [0.2, 0.25) is 5.91 Å². The maximum Gasteiger partial charge on any atom is 0.249 e. The van der Waals surface area contributed by atoms with Crippen LogP contribution in [0, 0.1) is 0 Å². The molecule has 1 amide bonds. The predicted molar refractivity (Wildman–Crippen MR) is 310 cm³/mol. The molecule has 70 heavy (non-hydrogen) atoms. The van der Waals surface area contributed by atoms with Gasteiger partial charge in [-0.1, -0.05) is 339 Å². The summed E-state index contributed by atoms with van der Waals surface area (Å²) in [6.07, 6.45) is 79.8. The Kier molecular flexibility index (Phi) is 58.9. The quantitative estimate of drug-likeness (QED) is 0.0361. The first kappa shape index (κ1) is 68.6. The highest BCUT2D eigenvalue weighted by Gasteiger charge is 2.22. The topological polar surface area (TPSA) is 89.8 Å². The van der Waals surface area contributed by atoms with Crippen molar-refractivity contribution in [3.8, 4) is 0 Å². The van der Waals surface area contributed by atoms with Crippen molar-refractivity contribution in [2.45, 2.75) is 366 Å². The van der Waals surface area contributed by atoms with Gasteiger partial charge in [0, 0.05) is 0 Å². The van der Waals surface area contributed by atoms with E-state index in [-0.39, 0.29) is 6.61 Å². The zero-order valence-corrected chi connectivity index (χ0v) is 47.4. The van der Waals surface area contributed by atoms with Crippen LogP contribution < -0.4 is 5.32 Å². The van der Waals surface area contributed by atoms with Crippen LogP contribution in [0.2, 0.25) is 0 Å². The van der Waals surface area contributed by atoms with E-state index in [1.165, 1.54) is 283 Å². The van der Waals surface area contributed by atoms with Gasteiger partial charge in [-0.2, -0.15) is 0 Å². The lowest BCUT2D eigenvalue weighted by atomic mass is 10.0. The van der Waals surface area contributed by atoms with Crippen molar-refractivity contribution >= 4 is 5.91 Å². The first-order chi connectivity index (χ1) is 34.6. The van der Waals surface area contributed by atoms with Crippen molar-refractivity contribution in [1.29, 1.82) is 0 Å². The monoisotopic (exact) mass is 984 g/mol. The lowest BCUT2D eigenvalue weighted by Gasteiger charge is -2.21. The van der Waals surface area contributed by atoms with E-state index in [0.717, 1.165) is 44.9 Å². The fourth-order valence-electron chi connectivity index (χ4n) is 10.0. The normalized spacial score (nSPS) is 13.4. The van der Waals surface area contributed by atoms with Gasteiger partial charge in [0.05, 0.1) is 18.8 Å². The second kappa shape index (κ2) is 60.1. The molecule has 4 N–H and O–H groups in total. The molecule has 3 atom stereocenters. The first-order valence-electron chi connectivity index (χ1n) is 31.8. The number of unbranched alkanes of at least 4 members (excludes halogenated alkanes) is 47. The Bertz CT molecular complexity index is 1090. The van der Waals surface area contributed by atoms with Gasteiger partial charge in [0.25, 0.3) is 0 Å². The van der Waals surface area contributed by atoms with Gasteiger partial charge in [-0.3, -0.25) is 4.79 Å². The van der Waals surface area contributed by atoms with Crippen molar-refractivity contribution in [2.75, 3.05) is 6.61 Å². The van der Waals surface area contributed by atoms with E-state index in [1.54, 1.807) is 6.08 Å². The molecule has 0 bridgehead atoms. The lowest BCUT2D eigenvalue weighted by Crippen LogP contribution is -2.48. The number of aliphatic hydroxyl groups is 3. The molecule has 0 aromatic rings. The second-order valence-electron chi connectivity index (χ2n) is 22.0. The second-order valence-corrected chi connectivity index (χ2v) is 22.0. The predicted octanol–water partition coefficient (Wildman–Crippen LogP) is 20.2. The molecule has 3 unspecified atom stereocenters. The molecule has 0 aliphatic carbocycles. The number of carbonyl (C=O) groups excluding carboxylic acids is 1. The number of carbonyl (C=O) groups is 1. The molecule has 0 radical (unpaired) electrons. The van der Waals surface area contributed by atoms with Gasteiger partial charge in [-0.15, -0.1) is 0 Å². The van der Waals surface area contributed by atoms with E-state index < -0.39 is 24.2 Å². The minimum Gasteiger partial charge on any atom is -0.394 e. The summed E-state index contributed by atoms with van der Waals surface area (Å²) in [6.45, 7) is 4.21. The first-order valence-corrected chi connectivity index (χ1v) is 31.8. The fraction of sp³-hybridized carbons (Fsp3) is 0.892. The highest BCUT2D eigenvalue weighted by molar-refractivity contribution is 5.80. The van der Waals surface area contributed by atoms with Crippen molar-refractivity contribution in [3.05, 3.63) is 36.5 Å². The third-order valence-electron chi connectivity index (χ3n) is 15.0. The summed E-state index contributed by atoms with van der Waals surface area (Å²) >= 11 is 0. The number of nitrogens with one attached hydrogen (secondary N) is 1. The third-order valence-corrected chi connectivity index (χ3v) is 15.0. The molecule has 0 aromatic heterocycles. The highest BCUT2D eigenvalue weighted by Crippen LogP contribution is 2.18. The van der Waals surface area contributed by atoms with Gasteiger partial charge < -0.3 is 20.6 Å². The standard InChI is InChI=1S/C65H125NO4/c1-3-5-7-9-11-13-15-17-19-21-23-25-27-29-30-31-32-33-34-36-38-40-42-44-46-48-50-52-54-56-58-60-64(69)65(70)66-62(61-67)63(68)59-57-55-53-51-49-47-45-43-41-39-37-35-28-26-24-22-20-18-16-14-12-10-8-6-4-2/h41,43,49,51,57,59,62-64,67-69H,3-40,42,44-48,50,52-56,58,60-61H2,1-2H3,(H,66,70)/b43-41+,51-49+,59-57+. The van der Waals surface area contributed by atoms with Gasteiger partial charge in [-0.05, 0) is 44.9 Å². The lowest BCUT2D eigenvalue weighted by molar-refractivity contribution is -0.131. The van der Waals surface area contributed by atoms with Crippen LogP contribution in [0.5, 0.6) is 0 Å². The third kappa shape index (κ3) is 54.3. The van der Waals surface area contributed by atoms with Gasteiger partial charge in [-0.25, -0.2) is 0 Å². The highest BCUT2D eigenvalue weighted by atomic mass is 16.3. The number of hydrogen-bond acceptors (Lipinski definition) is 4. The van der Waals surface area contributed by atoms with Crippen molar-refractivity contribution < 1.29 is 20.1 Å². The number of amides is 1. The van der Waals surface area contributed by atoms with Crippen LogP contribution in [0.15, 0.2) is 36.5 Å². The molecule has 0 fully saturated rings. The van der Waals surface area contributed by atoms with E-state index in [4.69, 9.17) is 0 Å². The summed E-state index contributed by atoms with van der Waals surface area (Å²) in [5.41, 5.74) is 0. The molecule has 5 heteroatoms. The molecule has 0 spiro atoms. The van der Waals surface area contributed by atoms with E-state index in [9.17, 15) is 20.1 Å². The Morgan fingerprint density at radius 3 is 0.871 bits per heavy atom. The number of allylic oxidation sites excluding steroid dienone is 5. The smallest absolute Gasteiger partial charge is 0.249 e. The number of rotatable bonds is 59. The Balaban J connectivity index is 3.55. The Morgan fingerprint density at radius 2 is 0.586 bits per heavy atom. The Hall–Kier alpha value is -1.43. The molecule has 5 nitrogen and oxygen atoms in total. The minimum atomic E-state index is -1.11. The van der Waals surface area contributed by atoms with E-state index in [0.29, 0.717) is 6.42 Å². The largest absolute Gasteiger partial charge is 0.394 e. The van der Waals surface area contributed by atoms with Crippen molar-refractivity contribution in [2.24, 2.45) is 0 Å². The van der Waals surface area contributed by atoms with E-state index in [2.05, 4.69) is 43.5 Å². The maximum absolute atomic E-state index is 12.6.